The van der Waals surface area contributed by atoms with Gasteiger partial charge in [0, 0.05) is 25.6 Å². The molecule has 18 heavy (non-hydrogen) atoms. The number of rotatable bonds is 2. The minimum atomic E-state index is -0.847. The Morgan fingerprint density at radius 1 is 1.33 bits per heavy atom. The maximum Gasteiger partial charge on any atom is 0.308 e. The number of amides is 2. The normalized spacial score (nSPS) is 32.2. The smallest absolute Gasteiger partial charge is 0.308 e. The molecule has 0 spiro atoms. The molecule has 0 radical (unpaired) electrons. The van der Waals surface area contributed by atoms with Gasteiger partial charge in [0.2, 0.25) is 11.8 Å². The molecule has 0 aromatic carbocycles. The number of aliphatic carboxylic acids is 1. The summed E-state index contributed by atoms with van der Waals surface area (Å²) < 4.78 is 0. The maximum atomic E-state index is 12.3. The van der Waals surface area contributed by atoms with Crippen LogP contribution in [0.15, 0.2) is 0 Å². The number of carbonyl (C=O) groups is 3. The van der Waals surface area contributed by atoms with Crippen molar-refractivity contribution in [2.45, 2.75) is 32.2 Å². The molecule has 100 valence electrons. The van der Waals surface area contributed by atoms with E-state index in [4.69, 9.17) is 5.11 Å². The van der Waals surface area contributed by atoms with Gasteiger partial charge in [-0.15, -0.1) is 0 Å². The van der Waals surface area contributed by atoms with Gasteiger partial charge in [-0.25, -0.2) is 0 Å². The van der Waals surface area contributed by atoms with E-state index in [1.54, 1.807) is 4.90 Å². The fourth-order valence-corrected chi connectivity index (χ4v) is 2.63. The molecule has 2 saturated heterocycles. The largest absolute Gasteiger partial charge is 0.481 e. The third-order valence-corrected chi connectivity index (χ3v) is 3.84. The Labute approximate surface area is 105 Å². The highest BCUT2D eigenvalue weighted by Gasteiger charge is 2.37. The summed E-state index contributed by atoms with van der Waals surface area (Å²) in [4.78, 5) is 36.0. The molecule has 3 unspecified atom stereocenters. The van der Waals surface area contributed by atoms with Gasteiger partial charge in [0.25, 0.3) is 0 Å². The number of hydrogen-bond donors (Lipinski definition) is 2. The second-order valence-electron chi connectivity index (χ2n) is 5.16. The highest BCUT2D eigenvalue weighted by molar-refractivity contribution is 5.89. The molecule has 0 bridgehead atoms. The Kier molecular flexibility index (Phi) is 3.54. The summed E-state index contributed by atoms with van der Waals surface area (Å²) in [5.74, 6) is -1.84. The average Bonchev–Trinajstić information content (AvgIpc) is 2.75. The minimum absolute atomic E-state index is 0.0591. The van der Waals surface area contributed by atoms with Crippen LogP contribution in [0.1, 0.15) is 26.2 Å². The van der Waals surface area contributed by atoms with Crippen molar-refractivity contribution in [3.05, 3.63) is 0 Å². The van der Waals surface area contributed by atoms with Crippen molar-refractivity contribution in [2.75, 3.05) is 13.1 Å². The van der Waals surface area contributed by atoms with E-state index >= 15 is 0 Å². The standard InChI is InChI=1S/C12H18N2O4/c1-7-2-3-8(12(17)18)6-14(7)11(16)9-4-10(15)13-5-9/h7-9H,2-6H2,1H3,(H,13,15)(H,17,18). The lowest BCUT2D eigenvalue weighted by Gasteiger charge is -2.37. The molecular formula is C12H18N2O4. The number of piperidine rings is 1. The Hall–Kier alpha value is -1.59. The molecule has 0 aromatic rings. The SMILES string of the molecule is CC1CCC(C(=O)O)CN1C(=O)C1CNC(=O)C1. The van der Waals surface area contributed by atoms with Crippen LogP contribution in [0, 0.1) is 11.8 Å². The molecule has 2 rings (SSSR count). The average molecular weight is 254 g/mol. The number of carboxylic acid groups (broad SMARTS) is 1. The molecular weight excluding hydrogens is 236 g/mol. The lowest BCUT2D eigenvalue weighted by atomic mass is 9.92. The molecule has 0 saturated carbocycles. The van der Waals surface area contributed by atoms with Crippen LogP contribution in [0.5, 0.6) is 0 Å². The first-order valence-corrected chi connectivity index (χ1v) is 6.29. The van der Waals surface area contributed by atoms with E-state index in [0.29, 0.717) is 19.4 Å². The first-order valence-electron chi connectivity index (χ1n) is 6.29. The molecule has 2 aliphatic heterocycles. The lowest BCUT2D eigenvalue weighted by Crippen LogP contribution is -2.49. The van der Waals surface area contributed by atoms with Crippen LogP contribution >= 0.6 is 0 Å². The van der Waals surface area contributed by atoms with E-state index in [9.17, 15) is 14.4 Å². The summed E-state index contributed by atoms with van der Waals surface area (Å²) >= 11 is 0. The third-order valence-electron chi connectivity index (χ3n) is 3.84. The summed E-state index contributed by atoms with van der Waals surface area (Å²) in [5, 5.41) is 11.7. The molecule has 0 aliphatic carbocycles. The highest BCUT2D eigenvalue weighted by Crippen LogP contribution is 2.25. The molecule has 6 nitrogen and oxygen atoms in total. The number of nitrogens with zero attached hydrogens (tertiary/aromatic N) is 1. The maximum absolute atomic E-state index is 12.3. The second kappa shape index (κ2) is 4.96. The van der Waals surface area contributed by atoms with Crippen LogP contribution in [0.4, 0.5) is 0 Å². The number of likely N-dealkylation sites (tertiary alicyclic amines) is 1. The number of hydrogen-bond acceptors (Lipinski definition) is 3. The van der Waals surface area contributed by atoms with Gasteiger partial charge >= 0.3 is 5.97 Å². The fourth-order valence-electron chi connectivity index (χ4n) is 2.63. The summed E-state index contributed by atoms with van der Waals surface area (Å²) in [7, 11) is 0. The Balaban J connectivity index is 2.03. The molecule has 2 amide bonds. The van der Waals surface area contributed by atoms with E-state index in [0.717, 1.165) is 0 Å². The topological polar surface area (TPSA) is 86.7 Å². The lowest BCUT2D eigenvalue weighted by molar-refractivity contribution is -0.148. The quantitative estimate of drug-likeness (QED) is 0.716. The van der Waals surface area contributed by atoms with Gasteiger partial charge in [-0.1, -0.05) is 0 Å². The third kappa shape index (κ3) is 2.47. The van der Waals surface area contributed by atoms with Crippen LogP contribution in [-0.4, -0.2) is 46.9 Å². The van der Waals surface area contributed by atoms with Crippen molar-refractivity contribution < 1.29 is 19.5 Å². The van der Waals surface area contributed by atoms with Gasteiger partial charge in [0.05, 0.1) is 11.8 Å². The predicted octanol–water partition coefficient (Wildman–Crippen LogP) is -0.166. The summed E-state index contributed by atoms with van der Waals surface area (Å²) in [6, 6.07) is 0.0591. The molecule has 6 heteroatoms. The first kappa shape index (κ1) is 12.9. The van der Waals surface area contributed by atoms with Crippen molar-refractivity contribution in [3.8, 4) is 0 Å². The van der Waals surface area contributed by atoms with E-state index < -0.39 is 11.9 Å². The van der Waals surface area contributed by atoms with Crippen LogP contribution in [-0.2, 0) is 14.4 Å². The van der Waals surface area contributed by atoms with Crippen molar-refractivity contribution >= 4 is 17.8 Å². The second-order valence-corrected chi connectivity index (χ2v) is 5.16. The molecule has 3 atom stereocenters. The summed E-state index contributed by atoms with van der Waals surface area (Å²) in [5.41, 5.74) is 0. The molecule has 2 aliphatic rings. The van der Waals surface area contributed by atoms with Gasteiger partial charge in [-0.3, -0.25) is 14.4 Å². The zero-order chi connectivity index (χ0) is 13.3. The van der Waals surface area contributed by atoms with E-state index in [1.807, 2.05) is 6.92 Å². The van der Waals surface area contributed by atoms with Crippen LogP contribution in [0.25, 0.3) is 0 Å². The molecule has 0 aromatic heterocycles. The van der Waals surface area contributed by atoms with Gasteiger partial charge in [-0.2, -0.15) is 0 Å². The van der Waals surface area contributed by atoms with Gasteiger partial charge in [0.15, 0.2) is 0 Å². The van der Waals surface area contributed by atoms with E-state index in [2.05, 4.69) is 5.32 Å². The van der Waals surface area contributed by atoms with E-state index in [1.165, 1.54) is 0 Å². The van der Waals surface area contributed by atoms with Crippen molar-refractivity contribution in [1.82, 2.24) is 10.2 Å². The van der Waals surface area contributed by atoms with E-state index in [-0.39, 0.29) is 36.7 Å². The zero-order valence-corrected chi connectivity index (χ0v) is 10.4. The molecule has 2 heterocycles. The number of nitrogens with one attached hydrogen (secondary N) is 1. The van der Waals surface area contributed by atoms with Crippen molar-refractivity contribution in [2.24, 2.45) is 11.8 Å². The fraction of sp³-hybridized carbons (Fsp3) is 0.750. The van der Waals surface area contributed by atoms with Crippen molar-refractivity contribution in [3.63, 3.8) is 0 Å². The highest BCUT2D eigenvalue weighted by atomic mass is 16.4. The van der Waals surface area contributed by atoms with Crippen LogP contribution in [0.3, 0.4) is 0 Å². The van der Waals surface area contributed by atoms with Crippen LogP contribution < -0.4 is 5.32 Å². The first-order chi connectivity index (χ1) is 8.49. The summed E-state index contributed by atoms with van der Waals surface area (Å²) in [6.45, 7) is 2.57. The zero-order valence-electron chi connectivity index (χ0n) is 10.4. The van der Waals surface area contributed by atoms with Gasteiger partial charge in [-0.05, 0) is 19.8 Å². The Morgan fingerprint density at radius 2 is 2.06 bits per heavy atom. The van der Waals surface area contributed by atoms with Gasteiger partial charge < -0.3 is 15.3 Å². The molecule has 2 fully saturated rings. The Bertz CT molecular complexity index is 382. The van der Waals surface area contributed by atoms with Gasteiger partial charge in [0.1, 0.15) is 0 Å². The summed E-state index contributed by atoms with van der Waals surface area (Å²) in [6.07, 6.45) is 1.54. The monoisotopic (exact) mass is 254 g/mol. The number of carbonyl (C=O) groups excluding carboxylic acids is 2. The Morgan fingerprint density at radius 3 is 2.61 bits per heavy atom. The van der Waals surface area contributed by atoms with Crippen LogP contribution in [0.2, 0.25) is 0 Å². The van der Waals surface area contributed by atoms with Crippen molar-refractivity contribution in [1.29, 1.82) is 0 Å². The molecule has 2 N–H and O–H groups in total. The number of carboxylic acids is 1. The predicted molar refractivity (Wildman–Crippen MR) is 62.7 cm³/mol. The minimum Gasteiger partial charge on any atom is -0.481 e.